The third kappa shape index (κ3) is 4.62. The molecule has 0 atom stereocenters. The predicted octanol–water partition coefficient (Wildman–Crippen LogP) is 5.66. The van der Waals surface area contributed by atoms with Crippen LogP contribution in [-0.2, 0) is 0 Å². The smallest absolute Gasteiger partial charge is 0.162 e. The number of hydrogen-bond acceptors (Lipinski definition) is 7. The summed E-state index contributed by atoms with van der Waals surface area (Å²) < 4.78 is 10.6. The monoisotopic (exact) mass is 439 g/mol. The molecule has 0 aliphatic rings. The van der Waals surface area contributed by atoms with Crippen molar-refractivity contribution < 1.29 is 14.3 Å². The molecule has 3 rings (SSSR count). The lowest BCUT2D eigenvalue weighted by Crippen LogP contribution is -2.03. The van der Waals surface area contributed by atoms with Crippen LogP contribution in [0.2, 0.25) is 5.02 Å². The molecule has 0 aliphatic carbocycles. The number of aromatic nitrogens is 1. The van der Waals surface area contributed by atoms with Gasteiger partial charge in [-0.2, -0.15) is 5.26 Å². The van der Waals surface area contributed by atoms with E-state index in [-0.39, 0.29) is 5.78 Å². The first kappa shape index (κ1) is 21.4. The van der Waals surface area contributed by atoms with Crippen LogP contribution in [0.15, 0.2) is 48.0 Å². The van der Waals surface area contributed by atoms with E-state index in [4.69, 9.17) is 21.1 Å². The topological polar surface area (TPSA) is 84.2 Å². The number of ketones is 1. The maximum Gasteiger partial charge on any atom is 0.162 e. The van der Waals surface area contributed by atoms with Crippen LogP contribution in [0.5, 0.6) is 11.5 Å². The van der Waals surface area contributed by atoms with Crippen LogP contribution in [-0.4, -0.2) is 25.0 Å². The molecule has 0 unspecified atom stereocenters. The summed E-state index contributed by atoms with van der Waals surface area (Å²) in [6.45, 7) is 1.46. The highest BCUT2D eigenvalue weighted by molar-refractivity contribution is 7.11. The van der Waals surface area contributed by atoms with Crippen LogP contribution in [0.4, 0.5) is 5.69 Å². The number of Topliss-reactive ketones (excluding diaryl/α,β-unsaturated/α-hetero) is 1. The fraction of sp³-hybridized carbons (Fsp3) is 0.136. The van der Waals surface area contributed by atoms with Gasteiger partial charge in [-0.05, 0) is 25.1 Å². The molecular weight excluding hydrogens is 422 g/mol. The van der Waals surface area contributed by atoms with E-state index < -0.39 is 0 Å². The summed E-state index contributed by atoms with van der Waals surface area (Å²) in [5.41, 5.74) is 2.92. The number of benzene rings is 2. The molecule has 0 amide bonds. The Morgan fingerprint density at radius 3 is 2.47 bits per heavy atom. The molecule has 0 bridgehead atoms. The molecule has 1 N–H and O–H groups in total. The number of thiazole rings is 1. The second-order valence-corrected chi connectivity index (χ2v) is 7.46. The Morgan fingerprint density at radius 2 is 1.87 bits per heavy atom. The number of carbonyl (C=O) groups is 1. The van der Waals surface area contributed by atoms with Gasteiger partial charge in [0, 0.05) is 33.8 Å². The number of methoxy groups -OCH3 is 2. The van der Waals surface area contributed by atoms with Crippen molar-refractivity contribution in [2.45, 2.75) is 6.92 Å². The van der Waals surface area contributed by atoms with Crippen molar-refractivity contribution in [1.29, 1.82) is 5.26 Å². The van der Waals surface area contributed by atoms with Crippen molar-refractivity contribution in [1.82, 2.24) is 4.98 Å². The van der Waals surface area contributed by atoms with E-state index in [1.807, 2.05) is 17.5 Å². The van der Waals surface area contributed by atoms with E-state index in [9.17, 15) is 10.1 Å². The lowest BCUT2D eigenvalue weighted by Gasteiger charge is -2.13. The molecular formula is C22H18ClN3O3S. The summed E-state index contributed by atoms with van der Waals surface area (Å²) in [4.78, 5) is 16.6. The van der Waals surface area contributed by atoms with E-state index >= 15 is 0 Å². The number of halogens is 1. The third-order valence-corrected chi connectivity index (χ3v) is 5.40. The first-order valence-corrected chi connectivity index (χ1v) is 10.1. The zero-order chi connectivity index (χ0) is 21.7. The van der Waals surface area contributed by atoms with Gasteiger partial charge in [-0.15, -0.1) is 11.3 Å². The van der Waals surface area contributed by atoms with Crippen molar-refractivity contribution in [3.8, 4) is 28.8 Å². The summed E-state index contributed by atoms with van der Waals surface area (Å²) in [5.74, 6) is 0.770. The maximum absolute atomic E-state index is 12.1. The normalized spacial score (nSPS) is 11.0. The van der Waals surface area contributed by atoms with Crippen molar-refractivity contribution >= 4 is 40.0 Å². The minimum Gasteiger partial charge on any atom is -0.493 e. The first-order chi connectivity index (χ1) is 14.5. The number of anilines is 1. The Hall–Kier alpha value is -3.34. The molecule has 2 aromatic carbocycles. The number of nitrogens with one attached hydrogen (secondary N) is 1. The summed E-state index contributed by atoms with van der Waals surface area (Å²) in [6.07, 6.45) is 1.53. The fourth-order valence-electron chi connectivity index (χ4n) is 2.73. The van der Waals surface area contributed by atoms with Gasteiger partial charge < -0.3 is 14.8 Å². The van der Waals surface area contributed by atoms with Gasteiger partial charge >= 0.3 is 0 Å². The van der Waals surface area contributed by atoms with Crippen LogP contribution in [0.3, 0.4) is 0 Å². The standard InChI is InChI=1S/C22H18ClN3O3S/c1-13(27)17-8-20(28-2)21(29-3)9-18(17)25-11-15(10-24)22-26-19(12-30-22)14-4-6-16(23)7-5-14/h4-9,11-12,25H,1-3H3/b15-11+. The van der Waals surface area contributed by atoms with Gasteiger partial charge in [-0.1, -0.05) is 23.7 Å². The Kier molecular flexibility index (Phi) is 6.72. The van der Waals surface area contributed by atoms with Gasteiger partial charge in [0.1, 0.15) is 16.6 Å². The molecule has 0 spiro atoms. The molecule has 0 saturated heterocycles. The molecule has 1 aromatic heterocycles. The predicted molar refractivity (Wildman–Crippen MR) is 119 cm³/mol. The molecule has 8 heteroatoms. The van der Waals surface area contributed by atoms with E-state index in [1.165, 1.54) is 38.7 Å². The minimum absolute atomic E-state index is 0.148. The maximum atomic E-state index is 12.1. The zero-order valence-corrected chi connectivity index (χ0v) is 18.1. The highest BCUT2D eigenvalue weighted by Crippen LogP contribution is 2.34. The lowest BCUT2D eigenvalue weighted by atomic mass is 10.1. The van der Waals surface area contributed by atoms with E-state index in [0.717, 1.165) is 11.3 Å². The first-order valence-electron chi connectivity index (χ1n) is 8.82. The average Bonchev–Trinajstić information content (AvgIpc) is 3.24. The minimum atomic E-state index is -0.148. The SMILES string of the molecule is COc1cc(N/C=C(\C#N)c2nc(-c3ccc(Cl)cc3)cs2)c(C(C)=O)cc1OC. The molecule has 0 saturated carbocycles. The Bertz CT molecular complexity index is 1150. The second kappa shape index (κ2) is 9.44. The van der Waals surface area contributed by atoms with E-state index in [1.54, 1.807) is 24.3 Å². The van der Waals surface area contributed by atoms with E-state index in [2.05, 4.69) is 16.4 Å². The largest absolute Gasteiger partial charge is 0.493 e. The lowest BCUT2D eigenvalue weighted by molar-refractivity contribution is 0.101. The van der Waals surface area contributed by atoms with Gasteiger partial charge in [-0.3, -0.25) is 4.79 Å². The van der Waals surface area contributed by atoms with Gasteiger partial charge in [0.15, 0.2) is 17.3 Å². The Balaban J connectivity index is 1.92. The second-order valence-electron chi connectivity index (χ2n) is 6.17. The van der Waals surface area contributed by atoms with Crippen molar-refractivity contribution in [2.75, 3.05) is 19.5 Å². The molecule has 0 aliphatic heterocycles. The Labute approximate surface area is 183 Å². The summed E-state index contributed by atoms with van der Waals surface area (Å²) in [7, 11) is 3.02. The number of allylic oxidation sites excluding steroid dienone is 1. The zero-order valence-electron chi connectivity index (χ0n) is 16.5. The molecule has 0 fully saturated rings. The van der Waals surface area contributed by atoms with Crippen molar-refractivity contribution in [2.24, 2.45) is 0 Å². The molecule has 0 radical (unpaired) electrons. The number of ether oxygens (including phenoxy) is 2. The molecule has 3 aromatic rings. The quantitative estimate of drug-likeness (QED) is 0.377. The molecule has 152 valence electrons. The van der Waals surface area contributed by atoms with Gasteiger partial charge in [-0.25, -0.2) is 4.98 Å². The number of hydrogen-bond donors (Lipinski definition) is 1. The van der Waals surface area contributed by atoms with Gasteiger partial charge in [0.25, 0.3) is 0 Å². The van der Waals surface area contributed by atoms with Crippen LogP contribution < -0.4 is 14.8 Å². The van der Waals surface area contributed by atoms with Gasteiger partial charge in [0.2, 0.25) is 0 Å². The van der Waals surface area contributed by atoms with Gasteiger partial charge in [0.05, 0.1) is 25.6 Å². The summed E-state index contributed by atoms with van der Waals surface area (Å²) in [6, 6.07) is 12.7. The van der Waals surface area contributed by atoms with E-state index in [0.29, 0.717) is 38.4 Å². The molecule has 1 heterocycles. The average molecular weight is 440 g/mol. The van der Waals surface area contributed by atoms with Crippen molar-refractivity contribution in [3.05, 3.63) is 63.6 Å². The van der Waals surface area contributed by atoms with Crippen LogP contribution in [0.25, 0.3) is 16.8 Å². The van der Waals surface area contributed by atoms with Crippen LogP contribution in [0.1, 0.15) is 22.3 Å². The fourth-order valence-corrected chi connectivity index (χ4v) is 3.65. The molecule has 6 nitrogen and oxygen atoms in total. The highest BCUT2D eigenvalue weighted by atomic mass is 35.5. The van der Waals surface area contributed by atoms with Crippen LogP contribution >= 0.6 is 22.9 Å². The highest BCUT2D eigenvalue weighted by Gasteiger charge is 2.15. The Morgan fingerprint density at radius 1 is 1.20 bits per heavy atom. The van der Waals surface area contributed by atoms with Crippen LogP contribution in [0, 0.1) is 11.3 Å². The summed E-state index contributed by atoms with van der Waals surface area (Å²) in [5, 5.41) is 15.7. The number of nitrogens with zero attached hydrogens (tertiary/aromatic N) is 2. The number of rotatable bonds is 7. The number of carbonyl (C=O) groups excluding carboxylic acids is 1. The molecule has 30 heavy (non-hydrogen) atoms. The third-order valence-electron chi connectivity index (χ3n) is 4.27. The van der Waals surface area contributed by atoms with Crippen molar-refractivity contribution in [3.63, 3.8) is 0 Å². The summed E-state index contributed by atoms with van der Waals surface area (Å²) >= 11 is 7.29. The number of nitriles is 1.